The van der Waals surface area contributed by atoms with E-state index in [4.69, 9.17) is 0 Å². The lowest BCUT2D eigenvalue weighted by atomic mass is 10.1. The van der Waals surface area contributed by atoms with Crippen molar-refractivity contribution in [3.8, 4) is 0 Å². The van der Waals surface area contributed by atoms with Crippen LogP contribution in [-0.2, 0) is 28.6 Å². The monoisotopic (exact) mass is 243 g/mol. The second-order valence-corrected chi connectivity index (χ2v) is 6.07. The highest BCUT2D eigenvalue weighted by Gasteiger charge is 2.16. The van der Waals surface area contributed by atoms with Gasteiger partial charge in [-0.2, -0.15) is 0 Å². The van der Waals surface area contributed by atoms with Crippen LogP contribution in [0.5, 0.6) is 0 Å². The van der Waals surface area contributed by atoms with Crippen molar-refractivity contribution in [3.63, 3.8) is 0 Å². The van der Waals surface area contributed by atoms with Crippen LogP contribution in [0.4, 0.5) is 0 Å². The zero-order chi connectivity index (χ0) is 11.8. The Kier molecular flexibility index (Phi) is 2.81. The quantitative estimate of drug-likeness (QED) is 0.692. The molecule has 2 heterocycles. The van der Waals surface area contributed by atoms with Gasteiger partial charge in [0, 0.05) is 25.8 Å². The Morgan fingerprint density at radius 2 is 2.19 bits per heavy atom. The molecule has 0 bridgehead atoms. The van der Waals surface area contributed by atoms with Gasteiger partial charge in [0.2, 0.25) is 0 Å². The molecule has 0 unspecified atom stereocenters. The van der Waals surface area contributed by atoms with Crippen molar-refractivity contribution >= 4 is 9.84 Å². The highest BCUT2D eigenvalue weighted by atomic mass is 32.2. The first-order chi connectivity index (χ1) is 7.46. The summed E-state index contributed by atoms with van der Waals surface area (Å²) in [4.78, 5) is 18.3. The van der Waals surface area contributed by atoms with Crippen LogP contribution in [0, 0.1) is 0 Å². The number of aromatic amines is 1. The molecular formula is C9H13N3O3S. The highest BCUT2D eigenvalue weighted by molar-refractivity contribution is 7.89. The summed E-state index contributed by atoms with van der Waals surface area (Å²) < 4.78 is 22.2. The van der Waals surface area contributed by atoms with Gasteiger partial charge in [0.25, 0.3) is 5.56 Å². The van der Waals surface area contributed by atoms with Gasteiger partial charge in [-0.3, -0.25) is 4.79 Å². The van der Waals surface area contributed by atoms with Crippen molar-refractivity contribution in [1.82, 2.24) is 15.3 Å². The lowest BCUT2D eigenvalue weighted by Gasteiger charge is -2.15. The van der Waals surface area contributed by atoms with Gasteiger partial charge >= 0.3 is 0 Å². The van der Waals surface area contributed by atoms with E-state index in [2.05, 4.69) is 15.3 Å². The third-order valence-corrected chi connectivity index (χ3v) is 3.19. The lowest BCUT2D eigenvalue weighted by Crippen LogP contribution is -2.32. The average molecular weight is 243 g/mol. The molecular weight excluding hydrogens is 230 g/mol. The Morgan fingerprint density at radius 1 is 1.44 bits per heavy atom. The molecule has 0 saturated carbocycles. The van der Waals surface area contributed by atoms with E-state index < -0.39 is 9.84 Å². The minimum atomic E-state index is -3.17. The first-order valence-corrected chi connectivity index (χ1v) is 7.01. The van der Waals surface area contributed by atoms with Crippen LogP contribution in [0.3, 0.4) is 0 Å². The van der Waals surface area contributed by atoms with Gasteiger partial charge in [-0.1, -0.05) is 0 Å². The molecule has 1 aromatic rings. The molecule has 2 rings (SSSR count). The van der Waals surface area contributed by atoms with Gasteiger partial charge in [0.05, 0.1) is 11.3 Å². The van der Waals surface area contributed by atoms with E-state index in [0.717, 1.165) is 12.8 Å². The normalized spacial score (nSPS) is 15.8. The second kappa shape index (κ2) is 3.99. The van der Waals surface area contributed by atoms with E-state index in [1.807, 2.05) is 0 Å². The average Bonchev–Trinajstić information content (AvgIpc) is 2.15. The number of H-pyrrole nitrogens is 1. The smallest absolute Gasteiger partial charge is 0.255 e. The number of fused-ring (bicyclic) bond motifs is 1. The molecule has 88 valence electrons. The molecule has 1 aromatic heterocycles. The summed E-state index contributed by atoms with van der Waals surface area (Å²) in [5.41, 5.74) is 1.08. The van der Waals surface area contributed by atoms with Crippen molar-refractivity contribution in [3.05, 3.63) is 27.4 Å². The number of hydrogen-bond donors (Lipinski definition) is 2. The molecule has 0 saturated heterocycles. The Labute approximate surface area is 93.0 Å². The van der Waals surface area contributed by atoms with Crippen molar-refractivity contribution in [2.75, 3.05) is 12.8 Å². The Morgan fingerprint density at radius 3 is 2.88 bits per heavy atom. The molecule has 0 spiro atoms. The molecule has 0 fully saturated rings. The molecule has 0 amide bonds. The molecule has 7 heteroatoms. The van der Waals surface area contributed by atoms with Gasteiger partial charge in [0.15, 0.2) is 9.84 Å². The molecule has 2 N–H and O–H groups in total. The maximum absolute atomic E-state index is 11.6. The van der Waals surface area contributed by atoms with Gasteiger partial charge in [-0.25, -0.2) is 13.4 Å². The van der Waals surface area contributed by atoms with E-state index in [1.54, 1.807) is 0 Å². The second-order valence-electron chi connectivity index (χ2n) is 3.93. The van der Waals surface area contributed by atoms with Crippen LogP contribution in [0.15, 0.2) is 4.79 Å². The van der Waals surface area contributed by atoms with E-state index >= 15 is 0 Å². The third-order valence-electron chi connectivity index (χ3n) is 2.39. The SMILES string of the molecule is CS(=O)(=O)Cc1nc2c(c(=O)[nH]1)CNCC2. The van der Waals surface area contributed by atoms with Gasteiger partial charge in [0.1, 0.15) is 11.6 Å². The van der Waals surface area contributed by atoms with Gasteiger partial charge in [-0.15, -0.1) is 0 Å². The largest absolute Gasteiger partial charge is 0.312 e. The molecule has 1 aliphatic heterocycles. The van der Waals surface area contributed by atoms with Crippen LogP contribution >= 0.6 is 0 Å². The summed E-state index contributed by atoms with van der Waals surface area (Å²) >= 11 is 0. The molecule has 6 nitrogen and oxygen atoms in total. The Hall–Kier alpha value is -1.21. The van der Waals surface area contributed by atoms with Crippen molar-refractivity contribution < 1.29 is 8.42 Å². The van der Waals surface area contributed by atoms with Crippen molar-refractivity contribution in [2.24, 2.45) is 0 Å². The van der Waals surface area contributed by atoms with Crippen molar-refractivity contribution in [1.29, 1.82) is 0 Å². The molecule has 0 aromatic carbocycles. The lowest BCUT2D eigenvalue weighted by molar-refractivity contribution is 0.596. The van der Waals surface area contributed by atoms with Crippen LogP contribution in [0.2, 0.25) is 0 Å². The maximum Gasteiger partial charge on any atom is 0.255 e. The predicted molar refractivity (Wildman–Crippen MR) is 58.8 cm³/mol. The van der Waals surface area contributed by atoms with Crippen LogP contribution in [0.25, 0.3) is 0 Å². The Bertz CT molecular complexity index is 562. The van der Waals surface area contributed by atoms with Gasteiger partial charge in [-0.05, 0) is 0 Å². The summed E-state index contributed by atoms with van der Waals surface area (Å²) in [6.07, 6.45) is 1.78. The first-order valence-electron chi connectivity index (χ1n) is 4.95. The predicted octanol–water partition coefficient (Wildman–Crippen LogP) is -1.04. The summed E-state index contributed by atoms with van der Waals surface area (Å²) in [7, 11) is -3.17. The summed E-state index contributed by atoms with van der Waals surface area (Å²) in [6, 6.07) is 0. The summed E-state index contributed by atoms with van der Waals surface area (Å²) in [5.74, 6) is 0.0105. The zero-order valence-electron chi connectivity index (χ0n) is 8.91. The minimum absolute atomic E-state index is 0.219. The van der Waals surface area contributed by atoms with E-state index in [9.17, 15) is 13.2 Å². The number of rotatable bonds is 2. The van der Waals surface area contributed by atoms with E-state index in [0.29, 0.717) is 24.2 Å². The van der Waals surface area contributed by atoms with Crippen molar-refractivity contribution in [2.45, 2.75) is 18.7 Å². The van der Waals surface area contributed by atoms with E-state index in [-0.39, 0.29) is 17.1 Å². The Balaban J connectivity index is 2.43. The molecule has 0 atom stereocenters. The van der Waals surface area contributed by atoms with Crippen LogP contribution in [0.1, 0.15) is 17.1 Å². The fourth-order valence-electron chi connectivity index (χ4n) is 1.72. The van der Waals surface area contributed by atoms with Gasteiger partial charge < -0.3 is 10.3 Å². The topological polar surface area (TPSA) is 91.9 Å². The molecule has 1 aliphatic rings. The maximum atomic E-state index is 11.6. The molecule has 0 radical (unpaired) electrons. The minimum Gasteiger partial charge on any atom is -0.312 e. The van der Waals surface area contributed by atoms with E-state index in [1.165, 1.54) is 0 Å². The zero-order valence-corrected chi connectivity index (χ0v) is 9.73. The fraction of sp³-hybridized carbons (Fsp3) is 0.556. The summed E-state index contributed by atoms with van der Waals surface area (Å²) in [6.45, 7) is 1.26. The van der Waals surface area contributed by atoms with Crippen LogP contribution in [-0.4, -0.2) is 31.2 Å². The highest BCUT2D eigenvalue weighted by Crippen LogP contribution is 2.07. The number of aromatic nitrogens is 2. The number of nitrogens with zero attached hydrogens (tertiary/aromatic N) is 1. The fourth-order valence-corrected chi connectivity index (χ4v) is 2.36. The molecule has 16 heavy (non-hydrogen) atoms. The first kappa shape index (κ1) is 11.3. The van der Waals surface area contributed by atoms with Crippen LogP contribution < -0.4 is 10.9 Å². The number of hydrogen-bond acceptors (Lipinski definition) is 5. The third kappa shape index (κ3) is 2.48. The molecule has 0 aliphatic carbocycles. The standard InChI is InChI=1S/C9H13N3O3S/c1-16(14,15)5-8-11-7-2-3-10-4-6(7)9(13)12-8/h10H,2-5H2,1H3,(H,11,12,13). The number of nitrogens with one attached hydrogen (secondary N) is 2. The summed E-state index contributed by atoms with van der Waals surface area (Å²) in [5, 5.41) is 3.07. The number of sulfone groups is 1.